The van der Waals surface area contributed by atoms with E-state index in [0.29, 0.717) is 12.5 Å². The van der Waals surface area contributed by atoms with Crippen LogP contribution in [0.15, 0.2) is 0 Å². The second kappa shape index (κ2) is 7.98. The average molecular weight is 337 g/mol. The predicted molar refractivity (Wildman–Crippen MR) is 95.3 cm³/mol. The first-order valence-electron chi connectivity index (χ1n) is 8.66. The molecule has 0 saturated carbocycles. The van der Waals surface area contributed by atoms with Gasteiger partial charge in [-0.25, -0.2) is 0 Å². The molecule has 1 aliphatic rings. The lowest BCUT2D eigenvalue weighted by Gasteiger charge is -2.30. The number of carbonyl (C=O) groups excluding carboxylic acids is 1. The van der Waals surface area contributed by atoms with Crippen LogP contribution in [0.25, 0.3) is 0 Å². The van der Waals surface area contributed by atoms with Crippen molar-refractivity contribution in [3.05, 3.63) is 11.3 Å². The molecule has 1 amide bonds. The molecule has 0 aromatic carbocycles. The Bertz CT molecular complexity index is 562. The second-order valence-corrected chi connectivity index (χ2v) is 6.90. The van der Waals surface area contributed by atoms with Crippen LogP contribution < -0.4 is 10.2 Å². The zero-order valence-corrected chi connectivity index (χ0v) is 15.8. The molecule has 1 atom stereocenters. The van der Waals surface area contributed by atoms with Crippen molar-refractivity contribution in [1.29, 1.82) is 0 Å². The minimum atomic E-state index is -0.224. The molecule has 24 heavy (non-hydrogen) atoms. The van der Waals surface area contributed by atoms with Crippen LogP contribution in [0, 0.1) is 0 Å². The summed E-state index contributed by atoms with van der Waals surface area (Å²) in [5.74, 6) is 1.56. The number of anilines is 1. The van der Waals surface area contributed by atoms with Gasteiger partial charge in [-0.15, -0.1) is 0 Å². The number of aromatic nitrogens is 2. The topological polar surface area (TPSA) is 62.6 Å². The minimum absolute atomic E-state index is 0.0814. The van der Waals surface area contributed by atoms with E-state index in [1.165, 1.54) is 5.56 Å². The van der Waals surface area contributed by atoms with Gasteiger partial charge < -0.3 is 19.9 Å². The van der Waals surface area contributed by atoms with Crippen LogP contribution in [0.3, 0.4) is 0 Å². The quantitative estimate of drug-likeness (QED) is 0.837. The van der Waals surface area contributed by atoms with Crippen LogP contribution in [-0.4, -0.2) is 67.0 Å². The zero-order valence-electron chi connectivity index (χ0n) is 15.8. The fourth-order valence-electron chi connectivity index (χ4n) is 3.11. The third-order valence-corrected chi connectivity index (χ3v) is 4.40. The van der Waals surface area contributed by atoms with E-state index in [4.69, 9.17) is 9.84 Å². The summed E-state index contributed by atoms with van der Waals surface area (Å²) in [7, 11) is 5.56. The summed E-state index contributed by atoms with van der Waals surface area (Å²) in [6.07, 6.45) is 0. The maximum atomic E-state index is 12.1. The van der Waals surface area contributed by atoms with Crippen molar-refractivity contribution in [2.45, 2.75) is 39.3 Å². The Morgan fingerprint density at radius 2 is 1.92 bits per heavy atom. The van der Waals surface area contributed by atoms with Crippen molar-refractivity contribution < 1.29 is 9.53 Å². The number of nitrogens with one attached hydrogen (secondary N) is 1. The van der Waals surface area contributed by atoms with Crippen molar-refractivity contribution in [3.8, 4) is 0 Å². The molecule has 1 aromatic heterocycles. The number of aryl methyl sites for hydroxylation is 1. The van der Waals surface area contributed by atoms with Gasteiger partial charge in [-0.2, -0.15) is 5.10 Å². The summed E-state index contributed by atoms with van der Waals surface area (Å²) in [5.41, 5.74) is 2.28. The normalized spacial score (nSPS) is 16.5. The molecule has 0 bridgehead atoms. The minimum Gasteiger partial charge on any atom is -0.378 e. The van der Waals surface area contributed by atoms with Crippen molar-refractivity contribution in [2.24, 2.45) is 7.05 Å². The van der Waals surface area contributed by atoms with E-state index < -0.39 is 0 Å². The standard InChI is InChI=1S/C17H31N5O2/c1-12(2)15-14(11-18-13(3)17(23)20(4)5)16(21(6)19-15)22-7-9-24-10-8-22/h12-13,18H,7-11H2,1-6H3. The molecule has 7 nitrogen and oxygen atoms in total. The lowest BCUT2D eigenvalue weighted by atomic mass is 10.0. The molecular formula is C17H31N5O2. The van der Waals surface area contributed by atoms with E-state index in [2.05, 4.69) is 24.1 Å². The summed E-state index contributed by atoms with van der Waals surface area (Å²) in [6, 6.07) is -0.224. The molecule has 1 N–H and O–H groups in total. The van der Waals surface area contributed by atoms with Crippen LogP contribution in [0.4, 0.5) is 5.82 Å². The molecule has 2 rings (SSSR count). The monoisotopic (exact) mass is 337 g/mol. The SMILES string of the molecule is CC(NCc1c(C(C)C)nn(C)c1N1CCOCC1)C(=O)N(C)C. The van der Waals surface area contributed by atoms with Gasteiger partial charge in [0.25, 0.3) is 0 Å². The smallest absolute Gasteiger partial charge is 0.238 e. The third kappa shape index (κ3) is 4.08. The fraction of sp³-hybridized carbons (Fsp3) is 0.765. The first-order valence-corrected chi connectivity index (χ1v) is 8.66. The van der Waals surface area contributed by atoms with E-state index in [1.54, 1.807) is 19.0 Å². The Balaban J connectivity index is 2.23. The maximum absolute atomic E-state index is 12.1. The molecule has 136 valence electrons. The molecule has 1 unspecified atom stereocenters. The largest absolute Gasteiger partial charge is 0.378 e. The number of amides is 1. The number of likely N-dealkylation sites (N-methyl/N-ethyl adjacent to an activating group) is 1. The molecule has 1 aromatic rings. The highest BCUT2D eigenvalue weighted by atomic mass is 16.5. The van der Waals surface area contributed by atoms with Gasteiger partial charge >= 0.3 is 0 Å². The highest BCUT2D eigenvalue weighted by Crippen LogP contribution is 2.29. The van der Waals surface area contributed by atoms with Gasteiger partial charge in [0.1, 0.15) is 5.82 Å². The fourth-order valence-corrected chi connectivity index (χ4v) is 3.11. The summed E-state index contributed by atoms with van der Waals surface area (Å²) < 4.78 is 7.44. The third-order valence-electron chi connectivity index (χ3n) is 4.40. The van der Waals surface area contributed by atoms with Crippen LogP contribution in [0.2, 0.25) is 0 Å². The average Bonchev–Trinajstić information content (AvgIpc) is 2.89. The summed E-state index contributed by atoms with van der Waals surface area (Å²) in [6.45, 7) is 10.1. The molecule has 1 saturated heterocycles. The van der Waals surface area contributed by atoms with Crippen LogP contribution in [0.1, 0.15) is 37.9 Å². The van der Waals surface area contributed by atoms with Gasteiger partial charge in [0.05, 0.1) is 24.9 Å². The van der Waals surface area contributed by atoms with Gasteiger partial charge in [-0.3, -0.25) is 9.48 Å². The number of nitrogens with zero attached hydrogens (tertiary/aromatic N) is 4. The van der Waals surface area contributed by atoms with Crippen molar-refractivity contribution >= 4 is 11.7 Å². The van der Waals surface area contributed by atoms with Gasteiger partial charge in [0.2, 0.25) is 5.91 Å². The van der Waals surface area contributed by atoms with Gasteiger partial charge in [-0.1, -0.05) is 13.8 Å². The van der Waals surface area contributed by atoms with Gasteiger partial charge in [-0.05, 0) is 12.8 Å². The molecule has 2 heterocycles. The molecule has 0 aliphatic carbocycles. The van der Waals surface area contributed by atoms with E-state index in [1.807, 2.05) is 18.7 Å². The molecule has 0 spiro atoms. The Labute approximate surface area is 144 Å². The maximum Gasteiger partial charge on any atom is 0.238 e. The van der Waals surface area contributed by atoms with Crippen LogP contribution in [0.5, 0.6) is 0 Å². The number of rotatable bonds is 6. The number of ether oxygens (including phenoxy) is 1. The van der Waals surface area contributed by atoms with E-state index in [-0.39, 0.29) is 11.9 Å². The Morgan fingerprint density at radius 3 is 2.46 bits per heavy atom. The molecular weight excluding hydrogens is 306 g/mol. The Hall–Kier alpha value is -1.60. The van der Waals surface area contributed by atoms with Crippen molar-refractivity contribution in [1.82, 2.24) is 20.0 Å². The number of morpholine rings is 1. The van der Waals surface area contributed by atoms with Gasteiger partial charge in [0, 0.05) is 46.3 Å². The highest BCUT2D eigenvalue weighted by Gasteiger charge is 2.25. The number of hydrogen-bond donors (Lipinski definition) is 1. The second-order valence-electron chi connectivity index (χ2n) is 6.90. The number of carbonyl (C=O) groups is 1. The lowest BCUT2D eigenvalue weighted by molar-refractivity contribution is -0.130. The number of hydrogen-bond acceptors (Lipinski definition) is 5. The predicted octanol–water partition coefficient (Wildman–Crippen LogP) is 0.946. The first-order chi connectivity index (χ1) is 11.3. The van der Waals surface area contributed by atoms with E-state index in [0.717, 1.165) is 37.8 Å². The Kier molecular flexibility index (Phi) is 6.23. The van der Waals surface area contributed by atoms with E-state index in [9.17, 15) is 4.79 Å². The first kappa shape index (κ1) is 18.7. The summed E-state index contributed by atoms with van der Waals surface area (Å²) in [4.78, 5) is 16.0. The van der Waals surface area contributed by atoms with E-state index >= 15 is 0 Å². The molecule has 1 aliphatic heterocycles. The van der Waals surface area contributed by atoms with Crippen molar-refractivity contribution in [3.63, 3.8) is 0 Å². The highest BCUT2D eigenvalue weighted by molar-refractivity contribution is 5.80. The summed E-state index contributed by atoms with van der Waals surface area (Å²) >= 11 is 0. The van der Waals surface area contributed by atoms with Crippen molar-refractivity contribution in [2.75, 3.05) is 45.3 Å². The van der Waals surface area contributed by atoms with Gasteiger partial charge in [0.15, 0.2) is 0 Å². The molecule has 0 radical (unpaired) electrons. The zero-order chi connectivity index (χ0) is 17.9. The van der Waals surface area contributed by atoms with Crippen LogP contribution in [-0.2, 0) is 23.1 Å². The molecule has 7 heteroatoms. The summed E-state index contributed by atoms with van der Waals surface area (Å²) in [5, 5.41) is 8.11. The van der Waals surface area contributed by atoms with Crippen LogP contribution >= 0.6 is 0 Å². The Morgan fingerprint density at radius 1 is 1.29 bits per heavy atom. The lowest BCUT2D eigenvalue weighted by Crippen LogP contribution is -2.42. The molecule has 1 fully saturated rings.